The molecule has 0 heterocycles. The summed E-state index contributed by atoms with van der Waals surface area (Å²) in [5.74, 6) is -0.198. The molecule has 3 heteroatoms. The summed E-state index contributed by atoms with van der Waals surface area (Å²) in [6.45, 7) is 0. The molecule has 0 unspecified atom stereocenters. The third-order valence-corrected chi connectivity index (χ3v) is 2.60. The van der Waals surface area contributed by atoms with Gasteiger partial charge >= 0.3 is 0 Å². The first-order chi connectivity index (χ1) is 6.26. The molecule has 0 aromatic heterocycles. The van der Waals surface area contributed by atoms with Crippen LogP contribution in [0.3, 0.4) is 0 Å². The van der Waals surface area contributed by atoms with Crippen LogP contribution in [0, 0.1) is 5.82 Å². The highest BCUT2D eigenvalue weighted by Gasteiger charge is 2.05. The molecule has 1 nitrogen and oxygen atoms in total. The fourth-order valence-corrected chi connectivity index (χ4v) is 1.58. The van der Waals surface area contributed by atoms with Crippen LogP contribution in [-0.2, 0) is 11.2 Å². The van der Waals surface area contributed by atoms with Crippen LogP contribution >= 0.6 is 15.9 Å². The molecule has 0 spiro atoms. The number of hydrogen-bond acceptors (Lipinski definition) is 1. The average molecular weight is 247 g/mol. The zero-order chi connectivity index (χ0) is 9.68. The van der Waals surface area contributed by atoms with Crippen LogP contribution in [0.1, 0.15) is 5.56 Å². The van der Waals surface area contributed by atoms with Gasteiger partial charge in [0, 0.05) is 12.4 Å². The molecule has 0 bridgehead atoms. The Labute approximate surface area is 86.0 Å². The fraction of sp³-hybridized carbons (Fsp3) is 0.400. The van der Waals surface area contributed by atoms with Gasteiger partial charge in [0.1, 0.15) is 5.82 Å². The van der Waals surface area contributed by atoms with E-state index in [-0.39, 0.29) is 11.9 Å². The molecule has 0 fully saturated rings. The maximum absolute atomic E-state index is 12.5. The van der Waals surface area contributed by atoms with Crippen LogP contribution in [0.15, 0.2) is 24.3 Å². The second kappa shape index (κ2) is 5.35. The van der Waals surface area contributed by atoms with E-state index in [4.69, 9.17) is 4.74 Å². The van der Waals surface area contributed by atoms with E-state index in [9.17, 15) is 4.39 Å². The van der Waals surface area contributed by atoms with Gasteiger partial charge < -0.3 is 4.74 Å². The summed E-state index contributed by atoms with van der Waals surface area (Å²) in [4.78, 5) is 0. The molecule has 0 saturated heterocycles. The zero-order valence-corrected chi connectivity index (χ0v) is 9.05. The Hall–Kier alpha value is -0.410. The van der Waals surface area contributed by atoms with Crippen molar-refractivity contribution in [2.45, 2.75) is 12.5 Å². The Bertz CT molecular complexity index is 244. The van der Waals surface area contributed by atoms with E-state index in [0.29, 0.717) is 0 Å². The van der Waals surface area contributed by atoms with Crippen LogP contribution < -0.4 is 0 Å². The third-order valence-electron chi connectivity index (χ3n) is 1.88. The van der Waals surface area contributed by atoms with Gasteiger partial charge in [0.15, 0.2) is 0 Å². The van der Waals surface area contributed by atoms with Gasteiger partial charge in [0.2, 0.25) is 0 Å². The Morgan fingerprint density at radius 3 is 2.46 bits per heavy atom. The summed E-state index contributed by atoms with van der Waals surface area (Å²) in [7, 11) is 1.68. The lowest BCUT2D eigenvalue weighted by atomic mass is 10.1. The normalized spacial score (nSPS) is 12.8. The average Bonchev–Trinajstić information content (AvgIpc) is 2.17. The van der Waals surface area contributed by atoms with E-state index < -0.39 is 0 Å². The molecule has 13 heavy (non-hydrogen) atoms. The zero-order valence-electron chi connectivity index (χ0n) is 7.47. The summed E-state index contributed by atoms with van der Waals surface area (Å²) in [5, 5.41) is 0.793. The first-order valence-corrected chi connectivity index (χ1v) is 5.21. The Balaban J connectivity index is 2.58. The molecule has 1 atom stereocenters. The lowest BCUT2D eigenvalue weighted by molar-refractivity contribution is 0.123. The van der Waals surface area contributed by atoms with Crippen molar-refractivity contribution in [1.29, 1.82) is 0 Å². The smallest absolute Gasteiger partial charge is 0.123 e. The third kappa shape index (κ3) is 3.44. The Kier molecular flexibility index (Phi) is 4.39. The molecule has 0 saturated carbocycles. The van der Waals surface area contributed by atoms with Gasteiger partial charge in [-0.3, -0.25) is 0 Å². The van der Waals surface area contributed by atoms with Crippen molar-refractivity contribution in [2.75, 3.05) is 12.4 Å². The summed E-state index contributed by atoms with van der Waals surface area (Å²) in [6, 6.07) is 6.50. The minimum absolute atomic E-state index is 0.158. The van der Waals surface area contributed by atoms with Crippen LogP contribution in [0.5, 0.6) is 0 Å². The molecular weight excluding hydrogens is 235 g/mol. The number of benzene rings is 1. The van der Waals surface area contributed by atoms with E-state index in [2.05, 4.69) is 15.9 Å². The second-order valence-electron chi connectivity index (χ2n) is 2.84. The van der Waals surface area contributed by atoms with Crippen molar-refractivity contribution in [3.8, 4) is 0 Å². The second-order valence-corrected chi connectivity index (χ2v) is 3.49. The monoisotopic (exact) mass is 246 g/mol. The summed E-state index contributed by atoms with van der Waals surface area (Å²) >= 11 is 3.35. The van der Waals surface area contributed by atoms with Gasteiger partial charge in [-0.05, 0) is 24.1 Å². The largest absolute Gasteiger partial charge is 0.380 e. The molecule has 1 aromatic rings. The lowest BCUT2D eigenvalue weighted by Gasteiger charge is -2.11. The topological polar surface area (TPSA) is 9.23 Å². The number of halogens is 2. The first kappa shape index (κ1) is 10.7. The molecule has 0 amide bonds. The van der Waals surface area contributed by atoms with E-state index in [0.717, 1.165) is 17.3 Å². The predicted molar refractivity (Wildman–Crippen MR) is 54.7 cm³/mol. The molecule has 1 rings (SSSR count). The van der Waals surface area contributed by atoms with Crippen LogP contribution in [0.2, 0.25) is 0 Å². The van der Waals surface area contributed by atoms with Crippen molar-refractivity contribution in [3.05, 3.63) is 35.6 Å². The first-order valence-electron chi connectivity index (χ1n) is 4.09. The van der Waals surface area contributed by atoms with E-state index >= 15 is 0 Å². The number of methoxy groups -OCH3 is 1. The van der Waals surface area contributed by atoms with Gasteiger partial charge in [0.25, 0.3) is 0 Å². The van der Waals surface area contributed by atoms with Crippen LogP contribution in [-0.4, -0.2) is 18.5 Å². The summed E-state index contributed by atoms with van der Waals surface area (Å²) in [5.41, 5.74) is 1.09. The minimum Gasteiger partial charge on any atom is -0.380 e. The van der Waals surface area contributed by atoms with Crippen molar-refractivity contribution < 1.29 is 9.13 Å². The molecule has 0 aliphatic heterocycles. The van der Waals surface area contributed by atoms with E-state index in [1.54, 1.807) is 19.2 Å². The van der Waals surface area contributed by atoms with Crippen LogP contribution in [0.4, 0.5) is 4.39 Å². The molecule has 0 aliphatic rings. The summed E-state index contributed by atoms with van der Waals surface area (Å²) < 4.78 is 17.7. The Morgan fingerprint density at radius 1 is 1.38 bits per heavy atom. The van der Waals surface area contributed by atoms with E-state index in [1.807, 2.05) is 0 Å². The van der Waals surface area contributed by atoms with Crippen LogP contribution in [0.25, 0.3) is 0 Å². The molecule has 72 valence electrons. The number of ether oxygens (including phenoxy) is 1. The molecule has 0 aliphatic carbocycles. The number of hydrogen-bond donors (Lipinski definition) is 0. The maximum atomic E-state index is 12.5. The standard InChI is InChI=1S/C10H12BrFO/c1-13-10(7-11)6-8-2-4-9(12)5-3-8/h2-5,10H,6-7H2,1H3/t10-/m1/s1. The number of alkyl halides is 1. The van der Waals surface area contributed by atoms with Crippen molar-refractivity contribution >= 4 is 15.9 Å². The lowest BCUT2D eigenvalue weighted by Crippen LogP contribution is -2.15. The van der Waals surface area contributed by atoms with Crippen molar-refractivity contribution in [1.82, 2.24) is 0 Å². The quantitative estimate of drug-likeness (QED) is 0.743. The minimum atomic E-state index is -0.198. The van der Waals surface area contributed by atoms with Crippen molar-refractivity contribution in [2.24, 2.45) is 0 Å². The van der Waals surface area contributed by atoms with Gasteiger partial charge in [-0.2, -0.15) is 0 Å². The molecule has 0 N–H and O–H groups in total. The summed E-state index contributed by atoms with van der Waals surface area (Å²) in [6.07, 6.45) is 0.965. The molecule has 1 aromatic carbocycles. The predicted octanol–water partition coefficient (Wildman–Crippen LogP) is 2.78. The SMILES string of the molecule is CO[C@@H](CBr)Cc1ccc(F)cc1. The van der Waals surface area contributed by atoms with E-state index in [1.165, 1.54) is 12.1 Å². The van der Waals surface area contributed by atoms with Gasteiger partial charge in [0.05, 0.1) is 6.10 Å². The highest BCUT2D eigenvalue weighted by molar-refractivity contribution is 9.09. The Morgan fingerprint density at radius 2 is 2.00 bits per heavy atom. The molecule has 0 radical (unpaired) electrons. The molecular formula is C10H12BrFO. The van der Waals surface area contributed by atoms with Crippen molar-refractivity contribution in [3.63, 3.8) is 0 Å². The highest BCUT2D eigenvalue weighted by Crippen LogP contribution is 2.08. The van der Waals surface area contributed by atoms with Gasteiger partial charge in [-0.15, -0.1) is 0 Å². The fourth-order valence-electron chi connectivity index (χ4n) is 1.08. The van der Waals surface area contributed by atoms with Gasteiger partial charge in [-0.1, -0.05) is 28.1 Å². The van der Waals surface area contributed by atoms with Gasteiger partial charge in [-0.25, -0.2) is 4.39 Å². The maximum Gasteiger partial charge on any atom is 0.123 e. The highest BCUT2D eigenvalue weighted by atomic mass is 79.9. The number of rotatable bonds is 4.